The molecule has 0 saturated carbocycles. The fourth-order valence-corrected chi connectivity index (χ4v) is 1.53. The molecule has 0 aliphatic heterocycles. The number of nitrogen functional groups attached to an aromatic ring is 1. The number of hydrogen-bond donors (Lipinski definition) is 1. The van der Waals surface area contributed by atoms with Crippen LogP contribution in [0, 0.1) is 0 Å². The highest BCUT2D eigenvalue weighted by Gasteiger charge is 2.09. The average molecular weight is 255 g/mol. The summed E-state index contributed by atoms with van der Waals surface area (Å²) in [5, 5.41) is 4.63. The van der Waals surface area contributed by atoms with Crippen LogP contribution < -0.4 is 5.73 Å². The van der Waals surface area contributed by atoms with Crippen LogP contribution in [0.25, 0.3) is 11.0 Å². The number of hydrogen-bond acceptors (Lipinski definition) is 4. The molecule has 0 amide bonds. The third-order valence-corrected chi connectivity index (χ3v) is 2.45. The molecule has 0 unspecified atom stereocenters. The molecule has 0 radical (unpaired) electrons. The van der Waals surface area contributed by atoms with E-state index in [9.17, 15) is 4.79 Å². The molecule has 0 aliphatic rings. The standard InChI is InChI=1S/C9H7BrN2O2/c10-4-7(13)5-1-2-6-8(3-5)14-12-9(6)11/h1-3H,4H2,(H2,11,12). The van der Waals surface area contributed by atoms with E-state index in [0.29, 0.717) is 22.3 Å². The van der Waals surface area contributed by atoms with Crippen molar-refractivity contribution in [2.24, 2.45) is 0 Å². The predicted octanol–water partition coefficient (Wildman–Crippen LogP) is 1.99. The summed E-state index contributed by atoms with van der Waals surface area (Å²) in [6.07, 6.45) is 0. The number of rotatable bonds is 2. The third kappa shape index (κ3) is 1.39. The van der Waals surface area contributed by atoms with Crippen molar-refractivity contribution in [1.82, 2.24) is 5.16 Å². The van der Waals surface area contributed by atoms with E-state index in [1.165, 1.54) is 0 Å². The number of benzene rings is 1. The van der Waals surface area contributed by atoms with Crippen molar-refractivity contribution in [1.29, 1.82) is 0 Å². The van der Waals surface area contributed by atoms with Crippen LogP contribution in [-0.2, 0) is 0 Å². The Morgan fingerprint density at radius 3 is 3.07 bits per heavy atom. The molecular formula is C9H7BrN2O2. The van der Waals surface area contributed by atoms with Crippen molar-refractivity contribution in [3.63, 3.8) is 0 Å². The van der Waals surface area contributed by atoms with Gasteiger partial charge in [0, 0.05) is 5.56 Å². The molecule has 14 heavy (non-hydrogen) atoms. The molecule has 1 aromatic heterocycles. The Morgan fingerprint density at radius 1 is 1.57 bits per heavy atom. The molecule has 5 heteroatoms. The number of nitrogens with zero attached hydrogens (tertiary/aromatic N) is 1. The van der Waals surface area contributed by atoms with Crippen molar-refractivity contribution in [3.05, 3.63) is 23.8 Å². The highest BCUT2D eigenvalue weighted by molar-refractivity contribution is 9.09. The van der Waals surface area contributed by atoms with Gasteiger partial charge in [0.25, 0.3) is 0 Å². The number of anilines is 1. The predicted molar refractivity (Wildman–Crippen MR) is 56.5 cm³/mol. The first kappa shape index (κ1) is 9.21. The molecule has 1 aromatic carbocycles. The summed E-state index contributed by atoms with van der Waals surface area (Å²) < 4.78 is 4.94. The molecule has 0 aliphatic carbocycles. The van der Waals surface area contributed by atoms with Gasteiger partial charge in [-0.05, 0) is 12.1 Å². The van der Waals surface area contributed by atoms with Crippen LogP contribution in [-0.4, -0.2) is 16.3 Å². The summed E-state index contributed by atoms with van der Waals surface area (Å²) in [7, 11) is 0. The van der Waals surface area contributed by atoms with E-state index in [1.54, 1.807) is 18.2 Å². The van der Waals surface area contributed by atoms with Gasteiger partial charge in [-0.25, -0.2) is 0 Å². The van der Waals surface area contributed by atoms with Crippen molar-refractivity contribution in [2.75, 3.05) is 11.1 Å². The second-order valence-corrected chi connectivity index (χ2v) is 3.40. The van der Waals surface area contributed by atoms with Crippen LogP contribution in [0.5, 0.6) is 0 Å². The van der Waals surface area contributed by atoms with Gasteiger partial charge in [0.2, 0.25) is 0 Å². The van der Waals surface area contributed by atoms with E-state index in [4.69, 9.17) is 10.3 Å². The highest BCUT2D eigenvalue weighted by atomic mass is 79.9. The lowest BCUT2D eigenvalue weighted by Gasteiger charge is -1.95. The minimum atomic E-state index is 0.00173. The number of nitrogens with two attached hydrogens (primary N) is 1. The number of fused-ring (bicyclic) bond motifs is 1. The Morgan fingerprint density at radius 2 is 2.36 bits per heavy atom. The number of carbonyl (C=O) groups excluding carboxylic acids is 1. The molecule has 2 aromatic rings. The Hall–Kier alpha value is -1.36. The second kappa shape index (κ2) is 3.42. The van der Waals surface area contributed by atoms with Crippen LogP contribution in [0.2, 0.25) is 0 Å². The van der Waals surface area contributed by atoms with E-state index in [0.717, 1.165) is 5.39 Å². The van der Waals surface area contributed by atoms with Gasteiger partial charge in [0.15, 0.2) is 17.2 Å². The van der Waals surface area contributed by atoms with E-state index >= 15 is 0 Å². The summed E-state index contributed by atoms with van der Waals surface area (Å²) in [5.41, 5.74) is 6.66. The number of alkyl halides is 1. The topological polar surface area (TPSA) is 69.1 Å². The lowest BCUT2D eigenvalue weighted by molar-refractivity contribution is 0.102. The van der Waals surface area contributed by atoms with Gasteiger partial charge in [-0.2, -0.15) is 0 Å². The fourth-order valence-electron chi connectivity index (χ4n) is 1.21. The van der Waals surface area contributed by atoms with E-state index in [-0.39, 0.29) is 5.78 Å². The number of carbonyl (C=O) groups is 1. The molecular weight excluding hydrogens is 248 g/mol. The molecule has 0 bridgehead atoms. The highest BCUT2D eigenvalue weighted by Crippen LogP contribution is 2.21. The normalized spacial score (nSPS) is 10.6. The molecule has 0 fully saturated rings. The zero-order valence-corrected chi connectivity index (χ0v) is 8.74. The van der Waals surface area contributed by atoms with Crippen LogP contribution in [0.3, 0.4) is 0 Å². The summed E-state index contributed by atoms with van der Waals surface area (Å²) in [6, 6.07) is 5.08. The van der Waals surface area contributed by atoms with Crippen LogP contribution in [0.15, 0.2) is 22.7 Å². The Balaban J connectivity index is 2.57. The number of halogens is 1. The molecule has 0 spiro atoms. The Labute approximate surface area is 88.2 Å². The summed E-state index contributed by atoms with van der Waals surface area (Å²) in [5.74, 6) is 0.347. The third-order valence-electron chi connectivity index (χ3n) is 1.94. The lowest BCUT2D eigenvalue weighted by atomic mass is 10.1. The number of ketones is 1. The van der Waals surface area contributed by atoms with Crippen molar-refractivity contribution in [2.45, 2.75) is 0 Å². The molecule has 2 N–H and O–H groups in total. The minimum absolute atomic E-state index is 0.00173. The minimum Gasteiger partial charge on any atom is -0.380 e. The van der Waals surface area contributed by atoms with E-state index < -0.39 is 0 Å². The van der Waals surface area contributed by atoms with Crippen molar-refractivity contribution >= 4 is 38.5 Å². The van der Waals surface area contributed by atoms with Gasteiger partial charge in [0.1, 0.15) is 0 Å². The van der Waals surface area contributed by atoms with Gasteiger partial charge >= 0.3 is 0 Å². The molecule has 72 valence electrons. The largest absolute Gasteiger partial charge is 0.380 e. The molecule has 0 saturated heterocycles. The Bertz CT molecular complexity index is 493. The maximum atomic E-state index is 11.3. The Kier molecular flexibility index (Phi) is 2.25. The average Bonchev–Trinajstić information content (AvgIpc) is 2.59. The summed E-state index contributed by atoms with van der Waals surface area (Å²) in [6.45, 7) is 0. The zero-order valence-electron chi connectivity index (χ0n) is 7.16. The van der Waals surface area contributed by atoms with Gasteiger partial charge in [-0.15, -0.1) is 0 Å². The quantitative estimate of drug-likeness (QED) is 0.658. The number of Topliss-reactive ketones (excluding diaryl/α,β-unsaturated/α-hetero) is 1. The SMILES string of the molecule is Nc1noc2cc(C(=O)CBr)ccc12. The maximum Gasteiger partial charge on any atom is 0.174 e. The molecule has 4 nitrogen and oxygen atoms in total. The van der Waals surface area contributed by atoms with Crippen molar-refractivity contribution in [3.8, 4) is 0 Å². The molecule has 2 rings (SSSR count). The maximum absolute atomic E-state index is 11.3. The van der Waals surface area contributed by atoms with E-state index in [2.05, 4.69) is 21.1 Å². The van der Waals surface area contributed by atoms with Gasteiger partial charge in [-0.3, -0.25) is 4.79 Å². The zero-order chi connectivity index (χ0) is 10.1. The fraction of sp³-hybridized carbons (Fsp3) is 0.111. The number of aromatic nitrogens is 1. The van der Waals surface area contributed by atoms with Crippen LogP contribution in [0.4, 0.5) is 5.82 Å². The smallest absolute Gasteiger partial charge is 0.174 e. The first-order chi connectivity index (χ1) is 6.72. The lowest BCUT2D eigenvalue weighted by Crippen LogP contribution is -1.98. The van der Waals surface area contributed by atoms with Crippen molar-refractivity contribution < 1.29 is 9.32 Å². The monoisotopic (exact) mass is 254 g/mol. The first-order valence-electron chi connectivity index (χ1n) is 3.96. The summed E-state index contributed by atoms with van der Waals surface area (Å²) in [4.78, 5) is 11.3. The van der Waals surface area contributed by atoms with Gasteiger partial charge < -0.3 is 10.3 Å². The van der Waals surface area contributed by atoms with Crippen LogP contribution >= 0.6 is 15.9 Å². The van der Waals surface area contributed by atoms with Gasteiger partial charge in [-0.1, -0.05) is 27.2 Å². The second-order valence-electron chi connectivity index (χ2n) is 2.84. The molecule has 0 atom stereocenters. The van der Waals surface area contributed by atoms with Crippen LogP contribution in [0.1, 0.15) is 10.4 Å². The first-order valence-corrected chi connectivity index (χ1v) is 5.08. The van der Waals surface area contributed by atoms with E-state index in [1.807, 2.05) is 0 Å². The molecule has 1 heterocycles. The summed E-state index contributed by atoms with van der Waals surface area (Å²) >= 11 is 3.10. The van der Waals surface area contributed by atoms with Gasteiger partial charge in [0.05, 0.1) is 10.7 Å².